The molecule has 0 bridgehead atoms. The van der Waals surface area contributed by atoms with Crippen LogP contribution in [-0.4, -0.2) is 26.8 Å². The summed E-state index contributed by atoms with van der Waals surface area (Å²) in [6.07, 6.45) is -0.986. The predicted molar refractivity (Wildman–Crippen MR) is 88.3 cm³/mol. The first kappa shape index (κ1) is 18.8. The molecule has 142 valence electrons. The third-order valence-electron chi connectivity index (χ3n) is 4.67. The van der Waals surface area contributed by atoms with Gasteiger partial charge in [0.1, 0.15) is 11.6 Å². The first-order valence-electron chi connectivity index (χ1n) is 8.11. The van der Waals surface area contributed by atoms with Crippen molar-refractivity contribution < 1.29 is 27.9 Å². The van der Waals surface area contributed by atoms with Gasteiger partial charge in [-0.25, -0.2) is 13.8 Å². The summed E-state index contributed by atoms with van der Waals surface area (Å²) >= 11 is 0. The van der Waals surface area contributed by atoms with E-state index in [1.54, 1.807) is 0 Å². The minimum absolute atomic E-state index is 0.0553. The van der Waals surface area contributed by atoms with Crippen LogP contribution in [0.15, 0.2) is 30.5 Å². The van der Waals surface area contributed by atoms with Crippen LogP contribution in [0.3, 0.4) is 0 Å². The molecule has 2 amide bonds. The lowest BCUT2D eigenvalue weighted by atomic mass is 9.94. The minimum Gasteiger partial charge on any atom is -0.398 e. The van der Waals surface area contributed by atoms with Gasteiger partial charge in [-0.2, -0.15) is 4.39 Å². The van der Waals surface area contributed by atoms with Crippen molar-refractivity contribution in [3.63, 3.8) is 0 Å². The van der Waals surface area contributed by atoms with E-state index in [1.807, 2.05) is 0 Å². The van der Waals surface area contributed by atoms with Gasteiger partial charge in [-0.1, -0.05) is 6.07 Å². The number of nitrogen functional groups attached to an aromatic ring is 1. The Morgan fingerprint density at radius 2 is 1.96 bits per heavy atom. The quantitative estimate of drug-likeness (QED) is 0.627. The zero-order chi connectivity index (χ0) is 19.9. The maximum absolute atomic E-state index is 14.0. The number of carbonyl (C=O) groups excluding carboxylic acids is 2. The second-order valence-electron chi connectivity index (χ2n) is 6.30. The molecule has 3 N–H and O–H groups in total. The molecule has 2 unspecified atom stereocenters. The number of hydrogen-bond acceptors (Lipinski definition) is 5. The standard InChI is InChI=1S/C18H16F3N3O3/c1-8(10-3-2-9(19)6-12(10)20)24-14(25)7-11(18(24)27)16(26)15-13(22)4-5-23-17(15)21/h2-6,8,11,16,26H,7H2,1H3,(H2,22,23)/t8-,11?,16?/m0/s1. The van der Waals surface area contributed by atoms with E-state index < -0.39 is 53.9 Å². The Labute approximate surface area is 152 Å². The average molecular weight is 379 g/mol. The van der Waals surface area contributed by atoms with Crippen LogP contribution in [-0.2, 0) is 9.59 Å². The highest BCUT2D eigenvalue weighted by molar-refractivity contribution is 6.04. The molecule has 0 spiro atoms. The number of anilines is 1. The van der Waals surface area contributed by atoms with Gasteiger partial charge in [-0.05, 0) is 19.1 Å². The van der Waals surface area contributed by atoms with Crippen LogP contribution in [0.5, 0.6) is 0 Å². The molecular weight excluding hydrogens is 363 g/mol. The molecule has 1 aromatic heterocycles. The Bertz CT molecular complexity index is 902. The first-order chi connectivity index (χ1) is 12.7. The number of benzene rings is 1. The number of aliphatic hydroxyl groups is 1. The predicted octanol–water partition coefficient (Wildman–Crippen LogP) is 2.25. The fourth-order valence-electron chi connectivity index (χ4n) is 3.26. The van der Waals surface area contributed by atoms with Gasteiger partial charge < -0.3 is 10.8 Å². The van der Waals surface area contributed by atoms with E-state index in [2.05, 4.69) is 4.98 Å². The maximum Gasteiger partial charge on any atom is 0.236 e. The number of pyridine rings is 1. The summed E-state index contributed by atoms with van der Waals surface area (Å²) in [7, 11) is 0. The third kappa shape index (κ3) is 3.25. The van der Waals surface area contributed by atoms with Gasteiger partial charge in [0.15, 0.2) is 0 Å². The number of nitrogens with two attached hydrogens (primary N) is 1. The molecule has 0 aliphatic carbocycles. The Morgan fingerprint density at radius 1 is 1.26 bits per heavy atom. The number of halogens is 3. The van der Waals surface area contributed by atoms with Crippen molar-refractivity contribution in [2.75, 3.05) is 5.73 Å². The molecule has 2 heterocycles. The number of aliphatic hydroxyl groups excluding tert-OH is 1. The second-order valence-corrected chi connectivity index (χ2v) is 6.30. The molecule has 1 aromatic carbocycles. The van der Waals surface area contributed by atoms with Gasteiger partial charge in [0, 0.05) is 29.9 Å². The van der Waals surface area contributed by atoms with Crippen LogP contribution in [0.25, 0.3) is 0 Å². The highest BCUT2D eigenvalue weighted by Crippen LogP contribution is 2.38. The summed E-state index contributed by atoms with van der Waals surface area (Å²) in [6, 6.07) is 3.03. The lowest BCUT2D eigenvalue weighted by Crippen LogP contribution is -2.35. The monoisotopic (exact) mass is 379 g/mol. The van der Waals surface area contributed by atoms with Crippen LogP contribution in [0.1, 0.15) is 36.6 Å². The molecule has 1 aliphatic heterocycles. The van der Waals surface area contributed by atoms with E-state index in [1.165, 1.54) is 13.0 Å². The molecular formula is C18H16F3N3O3. The average Bonchev–Trinajstić information content (AvgIpc) is 2.88. The Hall–Kier alpha value is -2.94. The summed E-state index contributed by atoms with van der Waals surface area (Å²) < 4.78 is 41.1. The number of carbonyl (C=O) groups is 2. The van der Waals surface area contributed by atoms with Gasteiger partial charge >= 0.3 is 0 Å². The molecule has 1 aliphatic rings. The van der Waals surface area contributed by atoms with Crippen molar-refractivity contribution in [3.05, 3.63) is 59.2 Å². The Morgan fingerprint density at radius 3 is 2.59 bits per heavy atom. The van der Waals surface area contributed by atoms with Crippen molar-refractivity contribution in [2.45, 2.75) is 25.5 Å². The Balaban J connectivity index is 1.91. The SMILES string of the molecule is C[C@@H](c1ccc(F)cc1F)N1C(=O)CC(C(O)c2c(N)ccnc2F)C1=O. The van der Waals surface area contributed by atoms with Crippen molar-refractivity contribution in [1.29, 1.82) is 0 Å². The molecule has 27 heavy (non-hydrogen) atoms. The fraction of sp³-hybridized carbons (Fsp3) is 0.278. The Kier molecular flexibility index (Phi) is 4.88. The highest BCUT2D eigenvalue weighted by atomic mass is 19.1. The van der Waals surface area contributed by atoms with Gasteiger partial charge in [0.2, 0.25) is 17.8 Å². The smallest absolute Gasteiger partial charge is 0.236 e. The molecule has 1 saturated heterocycles. The van der Waals surface area contributed by atoms with Crippen molar-refractivity contribution in [3.8, 4) is 0 Å². The zero-order valence-corrected chi connectivity index (χ0v) is 14.2. The van der Waals surface area contributed by atoms with Crippen LogP contribution in [0.4, 0.5) is 18.9 Å². The van der Waals surface area contributed by atoms with Crippen LogP contribution in [0, 0.1) is 23.5 Å². The van der Waals surface area contributed by atoms with E-state index in [0.29, 0.717) is 6.07 Å². The number of amides is 2. The van der Waals surface area contributed by atoms with E-state index in [9.17, 15) is 27.9 Å². The van der Waals surface area contributed by atoms with Gasteiger partial charge in [0.25, 0.3) is 0 Å². The second kappa shape index (κ2) is 6.99. The van der Waals surface area contributed by atoms with E-state index in [-0.39, 0.29) is 16.8 Å². The molecule has 9 heteroatoms. The van der Waals surface area contributed by atoms with Crippen molar-refractivity contribution in [2.24, 2.45) is 5.92 Å². The van der Waals surface area contributed by atoms with Gasteiger partial charge in [-0.3, -0.25) is 14.5 Å². The van der Waals surface area contributed by atoms with Gasteiger partial charge in [0.05, 0.1) is 23.6 Å². The van der Waals surface area contributed by atoms with Gasteiger partial charge in [-0.15, -0.1) is 0 Å². The fourth-order valence-corrected chi connectivity index (χ4v) is 3.26. The van der Waals surface area contributed by atoms with Crippen molar-refractivity contribution in [1.82, 2.24) is 9.88 Å². The third-order valence-corrected chi connectivity index (χ3v) is 4.67. The molecule has 2 aromatic rings. The molecule has 0 saturated carbocycles. The largest absolute Gasteiger partial charge is 0.398 e. The van der Waals surface area contributed by atoms with E-state index in [4.69, 9.17) is 5.73 Å². The lowest BCUT2D eigenvalue weighted by Gasteiger charge is -2.25. The normalized spacial score (nSPS) is 19.4. The summed E-state index contributed by atoms with van der Waals surface area (Å²) in [5, 5.41) is 10.4. The van der Waals surface area contributed by atoms with Crippen LogP contribution >= 0.6 is 0 Å². The minimum atomic E-state index is -1.69. The van der Waals surface area contributed by atoms with E-state index in [0.717, 1.165) is 23.2 Å². The number of aromatic nitrogens is 1. The molecule has 3 rings (SSSR count). The first-order valence-corrected chi connectivity index (χ1v) is 8.11. The van der Waals surface area contributed by atoms with E-state index >= 15 is 0 Å². The zero-order valence-electron chi connectivity index (χ0n) is 14.2. The van der Waals surface area contributed by atoms with Crippen LogP contribution < -0.4 is 5.73 Å². The number of likely N-dealkylation sites (tertiary alicyclic amines) is 1. The van der Waals surface area contributed by atoms with Crippen LogP contribution in [0.2, 0.25) is 0 Å². The summed E-state index contributed by atoms with van der Waals surface area (Å²) in [5.74, 6) is -5.49. The molecule has 3 atom stereocenters. The summed E-state index contributed by atoms with van der Waals surface area (Å²) in [6.45, 7) is 1.40. The molecule has 6 nitrogen and oxygen atoms in total. The number of nitrogens with zero attached hydrogens (tertiary/aromatic N) is 2. The maximum atomic E-state index is 14.0. The number of hydrogen-bond donors (Lipinski definition) is 2. The molecule has 0 radical (unpaired) electrons. The summed E-state index contributed by atoms with van der Waals surface area (Å²) in [4.78, 5) is 29.2. The topological polar surface area (TPSA) is 96.5 Å². The highest BCUT2D eigenvalue weighted by Gasteiger charge is 2.46. The molecule has 1 fully saturated rings. The number of rotatable bonds is 4. The summed E-state index contributed by atoms with van der Waals surface area (Å²) in [5.41, 5.74) is 5.12. The lowest BCUT2D eigenvalue weighted by molar-refractivity contribution is -0.143. The van der Waals surface area contributed by atoms with Crippen molar-refractivity contribution >= 4 is 17.5 Å². The number of imide groups is 1.